The monoisotopic (exact) mass is 390 g/mol. The number of carbonyl (C=O) groups excluding carboxylic acids is 2. The van der Waals surface area contributed by atoms with Gasteiger partial charge in [-0.15, -0.1) is 0 Å². The molecule has 1 aliphatic heterocycles. The van der Waals surface area contributed by atoms with E-state index in [9.17, 15) is 9.59 Å². The molecule has 3 aliphatic rings. The van der Waals surface area contributed by atoms with Crippen LogP contribution in [0.3, 0.4) is 0 Å². The summed E-state index contributed by atoms with van der Waals surface area (Å²) in [6.45, 7) is 13.1. The second kappa shape index (κ2) is 7.23. The Balaban J connectivity index is 1.63. The van der Waals surface area contributed by atoms with Crippen LogP contribution < -0.4 is 0 Å². The van der Waals surface area contributed by atoms with Gasteiger partial charge in [0.25, 0.3) is 6.29 Å². The molecule has 2 saturated carbocycles. The Morgan fingerprint density at radius 3 is 2.57 bits per heavy atom. The third kappa shape index (κ3) is 3.72. The summed E-state index contributed by atoms with van der Waals surface area (Å²) >= 11 is 0. The van der Waals surface area contributed by atoms with E-state index in [4.69, 9.17) is 14.2 Å². The molecule has 0 radical (unpaired) electrons. The van der Waals surface area contributed by atoms with Crippen molar-refractivity contribution in [2.75, 3.05) is 0 Å². The molecule has 0 aromatic rings. The topological polar surface area (TPSA) is 61.8 Å². The van der Waals surface area contributed by atoms with Crippen LogP contribution >= 0.6 is 0 Å². The first kappa shape index (κ1) is 20.9. The molecule has 2 fully saturated rings. The zero-order valence-corrected chi connectivity index (χ0v) is 18.0. The van der Waals surface area contributed by atoms with Crippen molar-refractivity contribution in [2.45, 2.75) is 85.5 Å². The minimum absolute atomic E-state index is 0.176. The first-order chi connectivity index (χ1) is 13.0. The van der Waals surface area contributed by atoms with Gasteiger partial charge in [0.2, 0.25) is 0 Å². The van der Waals surface area contributed by atoms with Gasteiger partial charge < -0.3 is 14.2 Å². The van der Waals surface area contributed by atoms with Crippen molar-refractivity contribution in [2.24, 2.45) is 22.7 Å². The average molecular weight is 391 g/mol. The zero-order valence-electron chi connectivity index (χ0n) is 18.0. The highest BCUT2D eigenvalue weighted by Gasteiger charge is 2.57. The first-order valence-electron chi connectivity index (χ1n) is 10.4. The van der Waals surface area contributed by atoms with E-state index in [0.717, 1.165) is 12.8 Å². The summed E-state index contributed by atoms with van der Waals surface area (Å²) in [6.07, 6.45) is 8.98. The van der Waals surface area contributed by atoms with Crippen molar-refractivity contribution in [3.8, 4) is 0 Å². The summed E-state index contributed by atoms with van der Waals surface area (Å²) in [5.74, 6) is 0.110. The van der Waals surface area contributed by atoms with Crippen LogP contribution in [0.15, 0.2) is 24.0 Å². The summed E-state index contributed by atoms with van der Waals surface area (Å²) in [7, 11) is 0. The molecule has 156 valence electrons. The van der Waals surface area contributed by atoms with Gasteiger partial charge in [0, 0.05) is 17.6 Å². The largest absolute Gasteiger partial charge is 0.458 e. The van der Waals surface area contributed by atoms with Crippen LogP contribution in [0.4, 0.5) is 0 Å². The fourth-order valence-electron chi connectivity index (χ4n) is 5.90. The maximum absolute atomic E-state index is 12.4. The van der Waals surface area contributed by atoms with E-state index in [1.165, 1.54) is 31.6 Å². The minimum atomic E-state index is -0.773. The molecule has 5 heteroatoms. The van der Waals surface area contributed by atoms with Crippen LogP contribution in [0.1, 0.15) is 73.6 Å². The second-order valence-electron chi connectivity index (χ2n) is 9.96. The average Bonchev–Trinajstić information content (AvgIpc) is 2.90. The summed E-state index contributed by atoms with van der Waals surface area (Å²) in [5, 5.41) is 0. The lowest BCUT2D eigenvalue weighted by Crippen LogP contribution is -2.57. The zero-order chi connectivity index (χ0) is 20.7. The number of rotatable bonds is 4. The number of cyclic esters (lactones) is 1. The molecule has 3 rings (SSSR count). The van der Waals surface area contributed by atoms with Gasteiger partial charge in [-0.1, -0.05) is 34.1 Å². The standard InChI is InChI=1S/C23H34O5/c1-15-14-19(27-20(15)25)26-13-9-18(24)28-23(6)12-8-17-21(3,4)10-7-11-22(17,5)16(23)2/h9,13-14,16-17,19H,7-8,10-12H2,1-6H3/b13-9+/t16-,17+,19?,22-,23-/m1/s1. The smallest absolute Gasteiger partial charge is 0.336 e. The predicted molar refractivity (Wildman–Crippen MR) is 106 cm³/mol. The molecule has 0 amide bonds. The van der Waals surface area contributed by atoms with E-state index in [0.29, 0.717) is 16.9 Å². The highest BCUT2D eigenvalue weighted by atomic mass is 16.7. The number of hydrogen-bond acceptors (Lipinski definition) is 5. The molecule has 1 heterocycles. The summed E-state index contributed by atoms with van der Waals surface area (Å²) in [4.78, 5) is 23.8. The van der Waals surface area contributed by atoms with Crippen molar-refractivity contribution in [1.29, 1.82) is 0 Å². The fourth-order valence-corrected chi connectivity index (χ4v) is 5.90. The normalized spacial score (nSPS) is 39.9. The van der Waals surface area contributed by atoms with E-state index >= 15 is 0 Å². The van der Waals surface area contributed by atoms with Gasteiger partial charge >= 0.3 is 11.9 Å². The molecule has 1 unspecified atom stereocenters. The van der Waals surface area contributed by atoms with Crippen molar-refractivity contribution in [1.82, 2.24) is 0 Å². The molecule has 0 aromatic carbocycles. The van der Waals surface area contributed by atoms with E-state index in [1.807, 2.05) is 0 Å². The van der Waals surface area contributed by atoms with E-state index in [2.05, 4.69) is 34.6 Å². The van der Waals surface area contributed by atoms with Gasteiger partial charge in [-0.2, -0.15) is 0 Å². The minimum Gasteiger partial charge on any atom is -0.458 e. The molecular weight excluding hydrogens is 356 g/mol. The Kier molecular flexibility index (Phi) is 5.41. The van der Waals surface area contributed by atoms with Crippen LogP contribution in [0.25, 0.3) is 0 Å². The van der Waals surface area contributed by atoms with Crippen LogP contribution in [-0.2, 0) is 23.8 Å². The molecular formula is C23H34O5. The van der Waals surface area contributed by atoms with Gasteiger partial charge in [-0.05, 0) is 56.3 Å². The number of hydrogen-bond donors (Lipinski definition) is 0. The van der Waals surface area contributed by atoms with Crippen molar-refractivity contribution < 1.29 is 23.8 Å². The van der Waals surface area contributed by atoms with Gasteiger partial charge in [0.05, 0.1) is 12.3 Å². The van der Waals surface area contributed by atoms with Crippen molar-refractivity contribution in [3.63, 3.8) is 0 Å². The number of carbonyl (C=O) groups is 2. The van der Waals surface area contributed by atoms with Crippen molar-refractivity contribution >= 4 is 11.9 Å². The van der Waals surface area contributed by atoms with Crippen LogP contribution in [-0.4, -0.2) is 23.8 Å². The summed E-state index contributed by atoms with van der Waals surface area (Å²) < 4.78 is 16.2. The molecule has 0 bridgehead atoms. The van der Waals surface area contributed by atoms with Gasteiger partial charge in [-0.25, -0.2) is 9.59 Å². The second-order valence-corrected chi connectivity index (χ2v) is 9.96. The Labute approximate surface area is 168 Å². The van der Waals surface area contributed by atoms with Crippen molar-refractivity contribution in [3.05, 3.63) is 24.0 Å². The fraction of sp³-hybridized carbons (Fsp3) is 0.739. The third-order valence-corrected chi connectivity index (χ3v) is 7.79. The maximum atomic E-state index is 12.4. The number of fused-ring (bicyclic) bond motifs is 1. The Morgan fingerprint density at radius 1 is 1.21 bits per heavy atom. The molecule has 5 atom stereocenters. The lowest BCUT2D eigenvalue weighted by Gasteiger charge is -2.61. The van der Waals surface area contributed by atoms with E-state index in [1.54, 1.807) is 13.0 Å². The quantitative estimate of drug-likeness (QED) is 0.388. The Morgan fingerprint density at radius 2 is 1.93 bits per heavy atom. The predicted octanol–water partition coefficient (Wildman–Crippen LogP) is 4.91. The molecule has 0 aromatic heterocycles. The molecule has 28 heavy (non-hydrogen) atoms. The summed E-state index contributed by atoms with van der Waals surface area (Å²) in [5.41, 5.74) is 0.527. The molecule has 0 saturated heterocycles. The van der Waals surface area contributed by atoms with Gasteiger partial charge in [0.15, 0.2) is 0 Å². The highest BCUT2D eigenvalue weighted by Crippen LogP contribution is 2.62. The molecule has 2 aliphatic carbocycles. The van der Waals surface area contributed by atoms with Crippen LogP contribution in [0.2, 0.25) is 0 Å². The SMILES string of the molecule is CC1=CC(O/C=C/C(=O)O[C@]2(C)CC[C@H]3C(C)(C)CCC[C@]3(C)[C@H]2C)OC1=O. The molecule has 0 spiro atoms. The Hall–Kier alpha value is -1.78. The van der Waals surface area contributed by atoms with E-state index < -0.39 is 23.8 Å². The van der Waals surface area contributed by atoms with Crippen LogP contribution in [0, 0.1) is 22.7 Å². The lowest BCUT2D eigenvalue weighted by molar-refractivity contribution is -0.191. The third-order valence-electron chi connectivity index (χ3n) is 7.79. The molecule has 0 N–H and O–H groups in total. The number of ether oxygens (including phenoxy) is 3. The summed E-state index contributed by atoms with van der Waals surface area (Å²) in [6, 6.07) is 0. The van der Waals surface area contributed by atoms with Gasteiger partial charge in [0.1, 0.15) is 5.60 Å². The molecule has 5 nitrogen and oxygen atoms in total. The maximum Gasteiger partial charge on any atom is 0.336 e. The lowest BCUT2D eigenvalue weighted by atomic mass is 9.46. The van der Waals surface area contributed by atoms with Crippen LogP contribution in [0.5, 0.6) is 0 Å². The number of esters is 2. The highest BCUT2D eigenvalue weighted by molar-refractivity contribution is 5.90. The van der Waals surface area contributed by atoms with Gasteiger partial charge in [-0.3, -0.25) is 0 Å². The Bertz CT molecular complexity index is 706. The van der Waals surface area contributed by atoms with E-state index in [-0.39, 0.29) is 11.3 Å². The first-order valence-corrected chi connectivity index (χ1v) is 10.4.